The van der Waals surface area contributed by atoms with Crippen LogP contribution >= 0.6 is 0 Å². The van der Waals surface area contributed by atoms with Gasteiger partial charge in [0, 0.05) is 32.2 Å². The van der Waals surface area contributed by atoms with Crippen molar-refractivity contribution in [1.29, 1.82) is 0 Å². The summed E-state index contributed by atoms with van der Waals surface area (Å²) in [4.78, 5) is 15.9. The summed E-state index contributed by atoms with van der Waals surface area (Å²) in [6, 6.07) is 8.46. The lowest BCUT2D eigenvalue weighted by molar-refractivity contribution is 0.0693. The molecule has 0 bridgehead atoms. The topological polar surface area (TPSA) is 74.3 Å². The number of aliphatic hydroxyl groups excluding tert-OH is 1. The van der Waals surface area contributed by atoms with Crippen LogP contribution in [-0.2, 0) is 11.3 Å². The predicted octanol–water partition coefficient (Wildman–Crippen LogP) is 3.01. The van der Waals surface area contributed by atoms with Gasteiger partial charge in [-0.1, -0.05) is 25.0 Å². The zero-order valence-corrected chi connectivity index (χ0v) is 18.9. The van der Waals surface area contributed by atoms with Crippen LogP contribution in [0.1, 0.15) is 51.0 Å². The third-order valence-electron chi connectivity index (χ3n) is 6.12. The Kier molecular flexibility index (Phi) is 9.90. The Morgan fingerprint density at radius 1 is 1.16 bits per heavy atom. The highest BCUT2D eigenvalue weighted by Crippen LogP contribution is 2.16. The number of ether oxygens (including phenoxy) is 2. The monoisotopic (exact) mass is 433 g/mol. The van der Waals surface area contributed by atoms with E-state index in [1.54, 1.807) is 4.90 Å². The van der Waals surface area contributed by atoms with E-state index in [0.717, 1.165) is 56.9 Å². The number of likely N-dealkylation sites (tertiary alicyclic amines) is 2. The van der Waals surface area contributed by atoms with Crippen LogP contribution in [0, 0.1) is 0 Å². The van der Waals surface area contributed by atoms with Gasteiger partial charge in [0.25, 0.3) is 0 Å². The Bertz CT molecular complexity index is 656. The molecule has 0 saturated carbocycles. The van der Waals surface area contributed by atoms with E-state index in [-0.39, 0.29) is 6.09 Å². The second-order valence-corrected chi connectivity index (χ2v) is 8.67. The van der Waals surface area contributed by atoms with Crippen LogP contribution in [-0.4, -0.2) is 79.1 Å². The van der Waals surface area contributed by atoms with Gasteiger partial charge in [0.2, 0.25) is 0 Å². The van der Waals surface area contributed by atoms with E-state index in [1.165, 1.54) is 25.7 Å². The summed E-state index contributed by atoms with van der Waals surface area (Å²) in [6.45, 7) is 7.64. The van der Waals surface area contributed by atoms with Gasteiger partial charge in [0.15, 0.2) is 0 Å². The fourth-order valence-electron chi connectivity index (χ4n) is 4.35. The molecule has 1 amide bonds. The van der Waals surface area contributed by atoms with Gasteiger partial charge in [0.05, 0.1) is 6.61 Å². The van der Waals surface area contributed by atoms with Crippen molar-refractivity contribution in [3.63, 3.8) is 0 Å². The van der Waals surface area contributed by atoms with E-state index in [1.807, 2.05) is 25.1 Å². The molecule has 2 heterocycles. The lowest BCUT2D eigenvalue weighted by Crippen LogP contribution is -2.44. The highest BCUT2D eigenvalue weighted by molar-refractivity contribution is 5.67. The zero-order valence-electron chi connectivity index (χ0n) is 18.9. The molecule has 1 aromatic rings. The van der Waals surface area contributed by atoms with E-state index in [0.29, 0.717) is 25.8 Å². The number of carbonyl (C=O) groups is 1. The molecule has 2 aliphatic heterocycles. The molecule has 1 atom stereocenters. The first kappa shape index (κ1) is 23.8. The van der Waals surface area contributed by atoms with Crippen LogP contribution < -0.4 is 10.1 Å². The lowest BCUT2D eigenvalue weighted by atomic mass is 10.0. The Hall–Kier alpha value is -1.83. The molecule has 7 heteroatoms. The minimum Gasteiger partial charge on any atom is -0.491 e. The van der Waals surface area contributed by atoms with Gasteiger partial charge in [-0.3, -0.25) is 0 Å². The van der Waals surface area contributed by atoms with Crippen LogP contribution in [0.15, 0.2) is 24.3 Å². The zero-order chi connectivity index (χ0) is 21.9. The summed E-state index contributed by atoms with van der Waals surface area (Å²) in [5.41, 5.74) is 1.16. The number of aliphatic hydroxyl groups is 1. The number of piperidine rings is 1. The molecular weight excluding hydrogens is 394 g/mol. The number of benzene rings is 1. The van der Waals surface area contributed by atoms with Crippen molar-refractivity contribution in [2.45, 2.75) is 64.1 Å². The summed E-state index contributed by atoms with van der Waals surface area (Å²) < 4.78 is 11.0. The van der Waals surface area contributed by atoms with Gasteiger partial charge in [-0.05, 0) is 63.4 Å². The molecule has 31 heavy (non-hydrogen) atoms. The molecule has 1 aromatic carbocycles. The number of hydrogen-bond donors (Lipinski definition) is 2. The molecule has 3 rings (SSSR count). The minimum atomic E-state index is -0.468. The van der Waals surface area contributed by atoms with Crippen molar-refractivity contribution >= 4 is 6.09 Å². The summed E-state index contributed by atoms with van der Waals surface area (Å²) in [6.07, 6.45) is 6.24. The normalized spacial score (nSPS) is 19.6. The van der Waals surface area contributed by atoms with Crippen LogP contribution in [0.4, 0.5) is 4.79 Å². The smallest absolute Gasteiger partial charge is 0.409 e. The first-order chi connectivity index (χ1) is 15.1. The van der Waals surface area contributed by atoms with Crippen molar-refractivity contribution in [3.8, 4) is 5.75 Å². The quantitative estimate of drug-likeness (QED) is 0.624. The van der Waals surface area contributed by atoms with E-state index in [4.69, 9.17) is 9.47 Å². The van der Waals surface area contributed by atoms with Gasteiger partial charge in [-0.2, -0.15) is 0 Å². The Labute approximate surface area is 186 Å². The van der Waals surface area contributed by atoms with Crippen LogP contribution in [0.25, 0.3) is 0 Å². The van der Waals surface area contributed by atoms with E-state index in [9.17, 15) is 9.90 Å². The van der Waals surface area contributed by atoms with Gasteiger partial charge in [0.1, 0.15) is 18.5 Å². The van der Waals surface area contributed by atoms with Crippen LogP contribution in [0.3, 0.4) is 0 Å². The number of carbonyl (C=O) groups excluding carboxylic acids is 1. The minimum absolute atomic E-state index is 0.205. The molecule has 2 saturated heterocycles. The number of amides is 1. The highest BCUT2D eigenvalue weighted by atomic mass is 16.6. The SMILES string of the molecule is CCOC(=O)N1CCC(NCc2cccc(OCC(O)CN3CCCCCC3)c2)CC1. The molecule has 2 fully saturated rings. The predicted molar refractivity (Wildman–Crippen MR) is 121 cm³/mol. The number of nitrogens with one attached hydrogen (secondary N) is 1. The van der Waals surface area contributed by atoms with Crippen molar-refractivity contribution in [3.05, 3.63) is 29.8 Å². The van der Waals surface area contributed by atoms with Gasteiger partial charge in [-0.15, -0.1) is 0 Å². The molecule has 0 aliphatic carbocycles. The van der Waals surface area contributed by atoms with Crippen molar-refractivity contribution in [1.82, 2.24) is 15.1 Å². The van der Waals surface area contributed by atoms with E-state index >= 15 is 0 Å². The maximum Gasteiger partial charge on any atom is 0.409 e. The average molecular weight is 434 g/mol. The van der Waals surface area contributed by atoms with E-state index in [2.05, 4.69) is 16.3 Å². The van der Waals surface area contributed by atoms with Crippen molar-refractivity contribution < 1.29 is 19.4 Å². The molecular formula is C24H39N3O4. The summed E-state index contributed by atoms with van der Waals surface area (Å²) in [7, 11) is 0. The number of hydrogen-bond acceptors (Lipinski definition) is 6. The van der Waals surface area contributed by atoms with Crippen LogP contribution in [0.2, 0.25) is 0 Å². The lowest BCUT2D eigenvalue weighted by Gasteiger charge is -2.31. The molecule has 1 unspecified atom stereocenters. The second kappa shape index (κ2) is 12.9. The molecule has 0 radical (unpaired) electrons. The Morgan fingerprint density at radius 3 is 2.61 bits per heavy atom. The fraction of sp³-hybridized carbons (Fsp3) is 0.708. The first-order valence-corrected chi connectivity index (χ1v) is 11.9. The third-order valence-corrected chi connectivity index (χ3v) is 6.12. The molecule has 7 nitrogen and oxygen atoms in total. The van der Waals surface area contributed by atoms with Crippen molar-refractivity contribution in [2.24, 2.45) is 0 Å². The molecule has 0 aromatic heterocycles. The number of β-amino-alcohol motifs (C(OH)–C–C–N with tert-alkyl or cyclic N) is 1. The molecule has 2 N–H and O–H groups in total. The Morgan fingerprint density at radius 2 is 1.90 bits per heavy atom. The number of nitrogens with zero attached hydrogens (tertiary/aromatic N) is 2. The van der Waals surface area contributed by atoms with Gasteiger partial charge < -0.3 is 29.7 Å². The van der Waals surface area contributed by atoms with Gasteiger partial charge >= 0.3 is 6.09 Å². The largest absolute Gasteiger partial charge is 0.491 e. The summed E-state index contributed by atoms with van der Waals surface area (Å²) in [5, 5.41) is 14.0. The van der Waals surface area contributed by atoms with Crippen LogP contribution in [0.5, 0.6) is 5.75 Å². The highest BCUT2D eigenvalue weighted by Gasteiger charge is 2.23. The Balaban J connectivity index is 1.36. The second-order valence-electron chi connectivity index (χ2n) is 8.67. The maximum atomic E-state index is 11.8. The summed E-state index contributed by atoms with van der Waals surface area (Å²) >= 11 is 0. The standard InChI is InChI=1S/C24H39N3O4/c1-2-30-24(29)27-14-10-21(11-15-27)25-17-20-8-7-9-23(16-20)31-19-22(28)18-26-12-5-3-4-6-13-26/h7-9,16,21-22,25,28H,2-6,10-15,17-19H2,1H3. The first-order valence-electron chi connectivity index (χ1n) is 11.9. The molecule has 2 aliphatic rings. The molecule has 0 spiro atoms. The average Bonchev–Trinajstić information content (AvgIpc) is 3.06. The molecule has 174 valence electrons. The summed E-state index contributed by atoms with van der Waals surface area (Å²) in [5.74, 6) is 0.798. The maximum absolute atomic E-state index is 11.8. The fourth-order valence-corrected chi connectivity index (χ4v) is 4.35. The van der Waals surface area contributed by atoms with E-state index < -0.39 is 6.10 Å². The van der Waals surface area contributed by atoms with Gasteiger partial charge in [-0.25, -0.2) is 4.79 Å². The van der Waals surface area contributed by atoms with Crippen molar-refractivity contribution in [2.75, 3.05) is 45.9 Å². The number of rotatable bonds is 9. The third kappa shape index (κ3) is 8.31.